The lowest BCUT2D eigenvalue weighted by Gasteiger charge is -2.13. The highest BCUT2D eigenvalue weighted by molar-refractivity contribution is 6.04. The molecule has 0 bridgehead atoms. The summed E-state index contributed by atoms with van der Waals surface area (Å²) in [5, 5.41) is 9.64. The molecule has 0 saturated carbocycles. The van der Waals surface area contributed by atoms with Crippen LogP contribution in [0.25, 0.3) is 0 Å². The summed E-state index contributed by atoms with van der Waals surface area (Å²) in [6.07, 6.45) is 4.68. The summed E-state index contributed by atoms with van der Waals surface area (Å²) in [6.45, 7) is 0.803. The maximum absolute atomic E-state index is 12.6. The average Bonchev–Trinajstić information content (AvgIpc) is 2.76. The number of dihydropyridines is 1. The molecule has 0 aromatic heterocycles. The molecule has 0 aliphatic carbocycles. The first kappa shape index (κ1) is 18.5. The molecule has 1 aliphatic rings. The minimum absolute atomic E-state index is 0.141. The van der Waals surface area contributed by atoms with Crippen molar-refractivity contribution < 1.29 is 4.79 Å². The van der Waals surface area contributed by atoms with Crippen LogP contribution < -0.4 is 16.0 Å². The molecular weight excluding hydrogens is 360 g/mol. The third-order valence-corrected chi connectivity index (χ3v) is 4.53. The van der Waals surface area contributed by atoms with E-state index in [1.54, 1.807) is 0 Å². The molecule has 4 rings (SSSR count). The normalized spacial score (nSPS) is 12.8. The Balaban J connectivity index is 1.39. The summed E-state index contributed by atoms with van der Waals surface area (Å²) in [5.74, 6) is -0.141. The molecule has 3 N–H and O–H groups in total. The molecule has 0 unspecified atom stereocenters. The molecule has 5 heteroatoms. The first-order valence-electron chi connectivity index (χ1n) is 9.56. The number of carbonyl (C=O) groups excluding carboxylic acids is 1. The second-order valence-corrected chi connectivity index (χ2v) is 6.73. The Labute approximate surface area is 170 Å². The highest BCUT2D eigenvalue weighted by Gasteiger charge is 2.08. The third-order valence-electron chi connectivity index (χ3n) is 4.53. The first-order chi connectivity index (χ1) is 14.3. The molecule has 1 aliphatic heterocycles. The fourth-order valence-corrected chi connectivity index (χ4v) is 3.05. The van der Waals surface area contributed by atoms with Crippen LogP contribution in [0.2, 0.25) is 0 Å². The zero-order valence-electron chi connectivity index (χ0n) is 15.9. The summed E-state index contributed by atoms with van der Waals surface area (Å²) in [5.41, 5.74) is 5.34. The Bertz CT molecular complexity index is 1040. The Hall–Kier alpha value is -3.86. The van der Waals surface area contributed by atoms with Gasteiger partial charge in [0.1, 0.15) is 0 Å². The number of amides is 1. The van der Waals surface area contributed by atoms with E-state index in [2.05, 4.69) is 20.9 Å². The fraction of sp³-hybridized carbons (Fsp3) is 0.0833. The van der Waals surface area contributed by atoms with Crippen molar-refractivity contribution in [2.75, 3.05) is 22.5 Å². The predicted octanol–water partition coefficient (Wildman–Crippen LogP) is 5.45. The van der Waals surface area contributed by atoms with E-state index in [0.717, 1.165) is 41.4 Å². The lowest BCUT2D eigenvalue weighted by atomic mass is 10.1. The standard InChI is InChI=1S/C24H22N4O/c29-24(18-9-11-20(12-10-18)26-21-13-15-25-16-14-21)28-23-8-4-7-22(17-23)27-19-5-2-1-3-6-19/h1-13,15,17,26-27H,14,16H2,(H,28,29). The van der Waals surface area contributed by atoms with E-state index >= 15 is 0 Å². The van der Waals surface area contributed by atoms with E-state index in [0.29, 0.717) is 5.56 Å². The van der Waals surface area contributed by atoms with Gasteiger partial charge >= 0.3 is 0 Å². The van der Waals surface area contributed by atoms with Gasteiger partial charge in [-0.3, -0.25) is 9.79 Å². The molecule has 0 radical (unpaired) electrons. The van der Waals surface area contributed by atoms with Crippen LogP contribution in [-0.4, -0.2) is 18.7 Å². The SMILES string of the molecule is O=C(Nc1cccc(Nc2ccccc2)c1)c1ccc(NC2=CC=NCC2)cc1. The lowest BCUT2D eigenvalue weighted by Crippen LogP contribution is -2.12. The van der Waals surface area contributed by atoms with E-state index in [-0.39, 0.29) is 5.91 Å². The van der Waals surface area contributed by atoms with Crippen molar-refractivity contribution in [2.45, 2.75) is 6.42 Å². The third kappa shape index (κ3) is 5.11. The average molecular weight is 382 g/mol. The zero-order chi connectivity index (χ0) is 19.9. The van der Waals surface area contributed by atoms with Gasteiger partial charge in [-0.25, -0.2) is 0 Å². The van der Waals surface area contributed by atoms with E-state index in [9.17, 15) is 4.79 Å². The molecule has 3 aromatic rings. The van der Waals surface area contributed by atoms with Gasteiger partial charge in [0.2, 0.25) is 0 Å². The maximum atomic E-state index is 12.6. The van der Waals surface area contributed by atoms with Crippen LogP contribution in [-0.2, 0) is 0 Å². The molecule has 29 heavy (non-hydrogen) atoms. The quantitative estimate of drug-likeness (QED) is 0.531. The summed E-state index contributed by atoms with van der Waals surface area (Å²) < 4.78 is 0. The van der Waals surface area contributed by atoms with Crippen LogP contribution in [0.4, 0.5) is 22.7 Å². The number of nitrogens with zero attached hydrogens (tertiary/aromatic N) is 1. The molecule has 0 spiro atoms. The van der Waals surface area contributed by atoms with E-state index in [4.69, 9.17) is 0 Å². The lowest BCUT2D eigenvalue weighted by molar-refractivity contribution is 0.102. The molecule has 0 fully saturated rings. The van der Waals surface area contributed by atoms with E-state index in [1.165, 1.54) is 0 Å². The van der Waals surface area contributed by atoms with Gasteiger partial charge in [-0.05, 0) is 60.7 Å². The Kier molecular flexibility index (Phi) is 5.67. The van der Waals surface area contributed by atoms with Crippen LogP contribution in [0.5, 0.6) is 0 Å². The monoisotopic (exact) mass is 382 g/mol. The van der Waals surface area contributed by atoms with Gasteiger partial charge in [0.25, 0.3) is 5.91 Å². The number of allylic oxidation sites excluding steroid dienone is 1. The number of para-hydroxylation sites is 1. The van der Waals surface area contributed by atoms with Crippen molar-refractivity contribution in [3.05, 3.63) is 96.2 Å². The van der Waals surface area contributed by atoms with Crippen LogP contribution in [0.3, 0.4) is 0 Å². The summed E-state index contributed by atoms with van der Waals surface area (Å²) in [4.78, 5) is 16.8. The highest BCUT2D eigenvalue weighted by atomic mass is 16.1. The molecule has 1 amide bonds. The number of rotatable bonds is 6. The first-order valence-corrected chi connectivity index (χ1v) is 9.56. The summed E-state index contributed by atoms with van der Waals surface area (Å²) in [6, 6.07) is 25.1. The van der Waals surface area contributed by atoms with Crippen molar-refractivity contribution in [1.82, 2.24) is 0 Å². The number of carbonyl (C=O) groups is 1. The number of hydrogen-bond acceptors (Lipinski definition) is 4. The second kappa shape index (κ2) is 8.89. The zero-order valence-corrected chi connectivity index (χ0v) is 15.9. The summed E-state index contributed by atoms with van der Waals surface area (Å²) in [7, 11) is 0. The maximum Gasteiger partial charge on any atom is 0.255 e. The molecule has 0 saturated heterocycles. The predicted molar refractivity (Wildman–Crippen MR) is 120 cm³/mol. The van der Waals surface area contributed by atoms with Crippen LogP contribution in [0.1, 0.15) is 16.8 Å². The van der Waals surface area contributed by atoms with Gasteiger partial charge in [-0.2, -0.15) is 0 Å². The van der Waals surface area contributed by atoms with Gasteiger partial charge in [-0.15, -0.1) is 0 Å². The Morgan fingerprint density at radius 1 is 0.759 bits per heavy atom. The number of benzene rings is 3. The molecule has 3 aromatic carbocycles. The van der Waals surface area contributed by atoms with Gasteiger partial charge in [-0.1, -0.05) is 24.3 Å². The van der Waals surface area contributed by atoms with Crippen LogP contribution in [0, 0.1) is 0 Å². The van der Waals surface area contributed by atoms with Crippen LogP contribution in [0.15, 0.2) is 95.6 Å². The molecular formula is C24H22N4O. The highest BCUT2D eigenvalue weighted by Crippen LogP contribution is 2.21. The minimum Gasteiger partial charge on any atom is -0.359 e. The van der Waals surface area contributed by atoms with Crippen molar-refractivity contribution >= 4 is 34.9 Å². The number of nitrogens with one attached hydrogen (secondary N) is 3. The van der Waals surface area contributed by atoms with Gasteiger partial charge in [0.05, 0.1) is 0 Å². The molecule has 0 atom stereocenters. The van der Waals surface area contributed by atoms with Gasteiger partial charge in [0, 0.05) is 53.2 Å². The molecule has 5 nitrogen and oxygen atoms in total. The largest absolute Gasteiger partial charge is 0.359 e. The van der Waals surface area contributed by atoms with E-state index in [1.807, 2.05) is 91.2 Å². The topological polar surface area (TPSA) is 65.5 Å². The van der Waals surface area contributed by atoms with Crippen molar-refractivity contribution in [2.24, 2.45) is 4.99 Å². The van der Waals surface area contributed by atoms with Gasteiger partial charge in [0.15, 0.2) is 0 Å². The van der Waals surface area contributed by atoms with Crippen molar-refractivity contribution in [3.8, 4) is 0 Å². The van der Waals surface area contributed by atoms with Gasteiger partial charge < -0.3 is 16.0 Å². The number of anilines is 4. The van der Waals surface area contributed by atoms with E-state index < -0.39 is 0 Å². The molecule has 144 valence electrons. The number of hydrogen-bond donors (Lipinski definition) is 3. The minimum atomic E-state index is -0.141. The Morgan fingerprint density at radius 2 is 1.48 bits per heavy atom. The number of aliphatic imine (C=N–C) groups is 1. The second-order valence-electron chi connectivity index (χ2n) is 6.73. The Morgan fingerprint density at radius 3 is 2.24 bits per heavy atom. The van der Waals surface area contributed by atoms with Crippen molar-refractivity contribution in [3.63, 3.8) is 0 Å². The summed E-state index contributed by atoms with van der Waals surface area (Å²) >= 11 is 0. The molecule has 1 heterocycles. The fourth-order valence-electron chi connectivity index (χ4n) is 3.05. The van der Waals surface area contributed by atoms with Crippen LogP contribution >= 0.6 is 0 Å². The smallest absolute Gasteiger partial charge is 0.255 e. The van der Waals surface area contributed by atoms with Crippen molar-refractivity contribution in [1.29, 1.82) is 0 Å².